The normalized spacial score (nSPS) is 17.0. The number of aliphatic carboxylic acids is 1. The lowest BCUT2D eigenvalue weighted by atomic mass is 10.1. The van der Waals surface area contributed by atoms with Gasteiger partial charge in [0.25, 0.3) is 0 Å². The zero-order valence-corrected chi connectivity index (χ0v) is 21.5. The predicted octanol–water partition coefficient (Wildman–Crippen LogP) is 3.27. The number of benzene rings is 2. The second-order valence-electron chi connectivity index (χ2n) is 9.06. The molecule has 2 aromatic rings. The van der Waals surface area contributed by atoms with Gasteiger partial charge in [-0.1, -0.05) is 30.4 Å². The summed E-state index contributed by atoms with van der Waals surface area (Å²) < 4.78 is 20.6. The number of likely N-dealkylation sites (tertiary alicyclic amines) is 1. The fraction of sp³-hybridized carbons (Fsp3) is 0.370. The molecule has 1 atom stereocenters. The van der Waals surface area contributed by atoms with Crippen LogP contribution in [-0.4, -0.2) is 69.9 Å². The average molecular weight is 524 g/mol. The van der Waals surface area contributed by atoms with Gasteiger partial charge in [-0.15, -0.1) is 0 Å². The zero-order chi connectivity index (χ0) is 26.2. The molecular formula is C27H33N5O4S. The average Bonchev–Trinajstić information content (AvgIpc) is 3.43. The van der Waals surface area contributed by atoms with E-state index < -0.39 is 22.7 Å². The van der Waals surface area contributed by atoms with Crippen LogP contribution >= 0.6 is 0 Å². The molecule has 0 aromatic heterocycles. The zero-order valence-electron chi connectivity index (χ0n) is 20.7. The molecule has 0 aliphatic carbocycles. The van der Waals surface area contributed by atoms with Gasteiger partial charge in [-0.2, -0.15) is 0 Å². The van der Waals surface area contributed by atoms with Crippen molar-refractivity contribution >= 4 is 40.4 Å². The van der Waals surface area contributed by atoms with Crippen LogP contribution in [0, 0.1) is 5.41 Å². The third kappa shape index (κ3) is 7.42. The van der Waals surface area contributed by atoms with Crippen molar-refractivity contribution in [3.05, 3.63) is 65.7 Å². The SMILES string of the molecule is N=C(N)c1cccc(/C=C/CN(c2ccc(OC3CCN(C4=NCCC4)CC3)cc2)S(=O)CC(=O)O)c1. The molecule has 2 aliphatic rings. The Bertz CT molecular complexity index is 1190. The fourth-order valence-electron chi connectivity index (χ4n) is 4.48. The first-order valence-electron chi connectivity index (χ1n) is 12.4. The van der Waals surface area contributed by atoms with E-state index in [2.05, 4.69) is 9.89 Å². The Morgan fingerprint density at radius 2 is 2.00 bits per heavy atom. The van der Waals surface area contributed by atoms with Crippen LogP contribution in [0.4, 0.5) is 5.69 Å². The molecule has 1 unspecified atom stereocenters. The minimum absolute atomic E-state index is 0.0180. The molecule has 0 radical (unpaired) electrons. The second-order valence-corrected chi connectivity index (χ2v) is 10.4. The molecule has 2 aliphatic heterocycles. The fourth-order valence-corrected chi connectivity index (χ4v) is 5.46. The lowest BCUT2D eigenvalue weighted by molar-refractivity contribution is -0.133. The number of nitrogens with zero attached hydrogens (tertiary/aromatic N) is 3. The number of anilines is 1. The van der Waals surface area contributed by atoms with Crippen LogP contribution in [0.5, 0.6) is 5.75 Å². The highest BCUT2D eigenvalue weighted by Gasteiger charge is 2.24. The highest BCUT2D eigenvalue weighted by molar-refractivity contribution is 7.87. The van der Waals surface area contributed by atoms with Gasteiger partial charge < -0.3 is 20.5 Å². The number of rotatable bonds is 10. The van der Waals surface area contributed by atoms with Gasteiger partial charge >= 0.3 is 5.97 Å². The molecule has 37 heavy (non-hydrogen) atoms. The summed E-state index contributed by atoms with van der Waals surface area (Å²) in [5.74, 6) is 0.334. The molecule has 0 spiro atoms. The number of carboxylic acid groups (broad SMARTS) is 1. The van der Waals surface area contributed by atoms with Crippen LogP contribution in [0.25, 0.3) is 6.08 Å². The van der Waals surface area contributed by atoms with Crippen molar-refractivity contribution < 1.29 is 18.8 Å². The maximum Gasteiger partial charge on any atom is 0.318 e. The van der Waals surface area contributed by atoms with Crippen LogP contribution in [0.3, 0.4) is 0 Å². The summed E-state index contributed by atoms with van der Waals surface area (Å²) in [5, 5.41) is 16.8. The van der Waals surface area contributed by atoms with Crippen molar-refractivity contribution in [2.24, 2.45) is 10.7 Å². The van der Waals surface area contributed by atoms with E-state index in [-0.39, 0.29) is 18.5 Å². The Morgan fingerprint density at radius 3 is 2.65 bits per heavy atom. The Morgan fingerprint density at radius 1 is 1.24 bits per heavy atom. The van der Waals surface area contributed by atoms with Crippen LogP contribution in [0.2, 0.25) is 0 Å². The van der Waals surface area contributed by atoms with E-state index in [1.807, 2.05) is 48.6 Å². The molecule has 4 rings (SSSR count). The number of aliphatic imine (C=N–C) groups is 1. The van der Waals surface area contributed by atoms with E-state index >= 15 is 0 Å². The van der Waals surface area contributed by atoms with Gasteiger partial charge in [-0.3, -0.25) is 19.5 Å². The molecule has 4 N–H and O–H groups in total. The van der Waals surface area contributed by atoms with E-state index in [4.69, 9.17) is 15.9 Å². The number of ether oxygens (including phenoxy) is 1. The molecule has 0 amide bonds. The lowest BCUT2D eigenvalue weighted by Gasteiger charge is -2.33. The van der Waals surface area contributed by atoms with Crippen LogP contribution in [0.15, 0.2) is 59.6 Å². The first-order chi connectivity index (χ1) is 17.9. The Balaban J connectivity index is 1.38. The number of carbonyl (C=O) groups is 1. The number of nitrogens with two attached hydrogens (primary N) is 1. The van der Waals surface area contributed by atoms with Crippen molar-refractivity contribution in [3.63, 3.8) is 0 Å². The van der Waals surface area contributed by atoms with Gasteiger partial charge in [0.2, 0.25) is 0 Å². The van der Waals surface area contributed by atoms with Crippen molar-refractivity contribution in [2.75, 3.05) is 36.2 Å². The summed E-state index contributed by atoms with van der Waals surface area (Å²) in [7, 11) is -1.76. The van der Waals surface area contributed by atoms with E-state index in [9.17, 15) is 14.1 Å². The first kappa shape index (κ1) is 26.4. The smallest absolute Gasteiger partial charge is 0.318 e. The summed E-state index contributed by atoms with van der Waals surface area (Å²) >= 11 is 0. The van der Waals surface area contributed by atoms with Crippen molar-refractivity contribution in [3.8, 4) is 5.75 Å². The van der Waals surface area contributed by atoms with Crippen LogP contribution < -0.4 is 14.8 Å². The molecule has 0 saturated carbocycles. The highest BCUT2D eigenvalue weighted by Crippen LogP contribution is 2.25. The van der Waals surface area contributed by atoms with Gasteiger partial charge in [-0.05, 0) is 42.3 Å². The van der Waals surface area contributed by atoms with Gasteiger partial charge in [0, 0.05) is 50.1 Å². The Hall–Kier alpha value is -3.66. The highest BCUT2D eigenvalue weighted by atomic mass is 32.2. The number of amidine groups is 2. The predicted molar refractivity (Wildman–Crippen MR) is 148 cm³/mol. The van der Waals surface area contributed by atoms with E-state index in [1.54, 1.807) is 16.4 Å². The van der Waals surface area contributed by atoms with Gasteiger partial charge in [0.1, 0.15) is 34.4 Å². The maximum atomic E-state index is 12.8. The summed E-state index contributed by atoms with van der Waals surface area (Å²) in [6.07, 6.45) is 7.87. The summed E-state index contributed by atoms with van der Waals surface area (Å²) in [6.45, 7) is 3.08. The number of hydrogen-bond donors (Lipinski definition) is 3. The molecule has 2 aromatic carbocycles. The van der Waals surface area contributed by atoms with Crippen LogP contribution in [-0.2, 0) is 15.8 Å². The Kier molecular flexibility index (Phi) is 8.95. The topological polar surface area (TPSA) is 132 Å². The quantitative estimate of drug-likeness (QED) is 0.323. The lowest BCUT2D eigenvalue weighted by Crippen LogP contribution is -2.41. The standard InChI is InChI=1S/C27H33N5O4S/c28-27(29)21-6-1-4-20(18-21)5-3-15-32(37(35)19-26(33)34)22-8-10-23(11-9-22)36-24-12-16-31(17-13-24)25-7-2-14-30-25/h1,3-6,8-11,18,24H,2,7,12-17,19H2,(H3,28,29)(H,33,34)/b5-3+. The van der Waals surface area contributed by atoms with Crippen molar-refractivity contribution in [1.29, 1.82) is 5.41 Å². The first-order valence-corrected chi connectivity index (χ1v) is 13.7. The third-order valence-electron chi connectivity index (χ3n) is 6.36. The number of nitrogens with one attached hydrogen (secondary N) is 1. The Labute approximate surface area is 219 Å². The summed E-state index contributed by atoms with van der Waals surface area (Å²) in [6, 6.07) is 14.5. The maximum absolute atomic E-state index is 12.8. The van der Waals surface area contributed by atoms with Gasteiger partial charge in [0.05, 0.1) is 12.4 Å². The number of carboxylic acids is 1. The molecule has 2 heterocycles. The molecule has 9 nitrogen and oxygen atoms in total. The van der Waals surface area contributed by atoms with Gasteiger partial charge in [0.15, 0.2) is 0 Å². The molecule has 1 fully saturated rings. The molecule has 1 saturated heterocycles. The van der Waals surface area contributed by atoms with E-state index in [0.717, 1.165) is 56.6 Å². The third-order valence-corrected chi connectivity index (χ3v) is 7.70. The summed E-state index contributed by atoms with van der Waals surface area (Å²) in [4.78, 5) is 18.2. The van der Waals surface area contributed by atoms with Gasteiger partial charge in [-0.25, -0.2) is 4.21 Å². The second kappa shape index (κ2) is 12.5. The molecule has 196 valence electrons. The molecule has 10 heteroatoms. The number of hydrogen-bond acceptors (Lipinski definition) is 6. The number of nitrogen functional groups attached to an aromatic ring is 1. The van der Waals surface area contributed by atoms with Crippen molar-refractivity contribution in [1.82, 2.24) is 4.90 Å². The monoisotopic (exact) mass is 523 g/mol. The van der Waals surface area contributed by atoms with Crippen LogP contribution in [0.1, 0.15) is 36.8 Å². The molecular weight excluding hydrogens is 490 g/mol. The summed E-state index contributed by atoms with van der Waals surface area (Å²) in [5.41, 5.74) is 7.66. The van der Waals surface area contributed by atoms with Crippen molar-refractivity contribution in [2.45, 2.75) is 31.8 Å². The minimum atomic E-state index is -1.76. The van der Waals surface area contributed by atoms with E-state index in [1.165, 1.54) is 5.84 Å². The minimum Gasteiger partial charge on any atom is -0.490 e. The molecule has 0 bridgehead atoms. The largest absolute Gasteiger partial charge is 0.490 e. The van der Waals surface area contributed by atoms with E-state index in [0.29, 0.717) is 11.3 Å². The number of piperidine rings is 1.